The predicted molar refractivity (Wildman–Crippen MR) is 84.0 cm³/mol. The molecular weight excluding hydrogens is 280 g/mol. The van der Waals surface area contributed by atoms with Gasteiger partial charge < -0.3 is 10.2 Å². The lowest BCUT2D eigenvalue weighted by molar-refractivity contribution is 0.102. The third-order valence-corrected chi connectivity index (χ3v) is 3.51. The smallest absolute Gasteiger partial charge is 0.274 e. The summed E-state index contributed by atoms with van der Waals surface area (Å²) in [6.45, 7) is 2.77. The minimum absolute atomic E-state index is 0.250. The molecule has 2 heterocycles. The van der Waals surface area contributed by atoms with E-state index in [0.29, 0.717) is 17.3 Å². The van der Waals surface area contributed by atoms with Gasteiger partial charge in [-0.2, -0.15) is 5.10 Å². The van der Waals surface area contributed by atoms with Crippen LogP contribution in [0.15, 0.2) is 18.5 Å². The number of aryl methyl sites for hydroxylation is 1. The third kappa shape index (κ3) is 3.41. The van der Waals surface area contributed by atoms with Gasteiger partial charge in [-0.25, -0.2) is 9.97 Å². The quantitative estimate of drug-likeness (QED) is 0.909. The molecule has 2 aromatic heterocycles. The average molecular weight is 300 g/mol. The van der Waals surface area contributed by atoms with Crippen molar-refractivity contribution in [2.24, 2.45) is 5.92 Å². The van der Waals surface area contributed by atoms with Gasteiger partial charge in [0.2, 0.25) is 5.95 Å². The van der Waals surface area contributed by atoms with Crippen molar-refractivity contribution in [1.82, 2.24) is 19.7 Å². The number of amides is 1. The molecule has 0 aliphatic heterocycles. The fraction of sp³-hybridized carbons (Fsp3) is 0.467. The Bertz CT molecular complexity index is 689. The largest absolute Gasteiger partial charge is 0.347 e. The Labute approximate surface area is 129 Å². The molecule has 1 aliphatic carbocycles. The number of aromatic nitrogens is 4. The Morgan fingerprint density at radius 1 is 1.41 bits per heavy atom. The maximum atomic E-state index is 12.3. The molecule has 0 atom stereocenters. The van der Waals surface area contributed by atoms with Crippen LogP contribution in [0.3, 0.4) is 0 Å². The number of nitrogens with one attached hydrogen (secondary N) is 1. The monoisotopic (exact) mass is 300 g/mol. The fourth-order valence-electron chi connectivity index (χ4n) is 2.16. The van der Waals surface area contributed by atoms with E-state index in [2.05, 4.69) is 20.4 Å². The first-order valence-electron chi connectivity index (χ1n) is 7.38. The summed E-state index contributed by atoms with van der Waals surface area (Å²) in [7, 11) is 3.69. The summed E-state index contributed by atoms with van der Waals surface area (Å²) in [4.78, 5) is 22.7. The van der Waals surface area contributed by atoms with Gasteiger partial charge in [-0.15, -0.1) is 0 Å². The lowest BCUT2D eigenvalue weighted by Crippen LogP contribution is -2.19. The molecule has 0 radical (unpaired) electrons. The van der Waals surface area contributed by atoms with E-state index in [4.69, 9.17) is 0 Å². The number of rotatable bonds is 5. The summed E-state index contributed by atoms with van der Waals surface area (Å²) in [5.41, 5.74) is 1.80. The summed E-state index contributed by atoms with van der Waals surface area (Å²) in [6.07, 6.45) is 6.07. The first-order chi connectivity index (χ1) is 10.5. The highest BCUT2D eigenvalue weighted by Crippen LogP contribution is 2.30. The molecule has 0 aromatic carbocycles. The van der Waals surface area contributed by atoms with Gasteiger partial charge in [0, 0.05) is 32.5 Å². The molecule has 0 unspecified atom stereocenters. The highest BCUT2D eigenvalue weighted by molar-refractivity contribution is 6.02. The van der Waals surface area contributed by atoms with Crippen LogP contribution in [0.25, 0.3) is 0 Å². The zero-order valence-electron chi connectivity index (χ0n) is 13.1. The Kier molecular flexibility index (Phi) is 3.79. The van der Waals surface area contributed by atoms with E-state index < -0.39 is 0 Å². The summed E-state index contributed by atoms with van der Waals surface area (Å²) in [6, 6.07) is 1.68. The average Bonchev–Trinajstić information content (AvgIpc) is 3.17. The summed E-state index contributed by atoms with van der Waals surface area (Å²) in [5.74, 6) is 1.02. The first kappa shape index (κ1) is 14.5. The molecule has 1 saturated carbocycles. The molecule has 1 aliphatic rings. The van der Waals surface area contributed by atoms with Gasteiger partial charge >= 0.3 is 0 Å². The van der Waals surface area contributed by atoms with Gasteiger partial charge in [-0.1, -0.05) is 0 Å². The fourth-order valence-corrected chi connectivity index (χ4v) is 2.16. The highest BCUT2D eigenvalue weighted by Gasteiger charge is 2.22. The molecule has 1 N–H and O–H groups in total. The van der Waals surface area contributed by atoms with Crippen LogP contribution in [0, 0.1) is 12.8 Å². The summed E-state index contributed by atoms with van der Waals surface area (Å²) < 4.78 is 1.88. The number of carbonyl (C=O) groups excluding carboxylic acids is 1. The van der Waals surface area contributed by atoms with Gasteiger partial charge in [-0.3, -0.25) is 9.48 Å². The maximum absolute atomic E-state index is 12.3. The molecule has 7 nitrogen and oxygen atoms in total. The second-order valence-electron chi connectivity index (χ2n) is 5.94. The van der Waals surface area contributed by atoms with Gasteiger partial charge in [0.25, 0.3) is 5.91 Å². The van der Waals surface area contributed by atoms with Crippen molar-refractivity contribution >= 4 is 17.5 Å². The van der Waals surface area contributed by atoms with E-state index in [1.54, 1.807) is 17.2 Å². The predicted octanol–water partition coefficient (Wildman–Crippen LogP) is 1.71. The lowest BCUT2D eigenvalue weighted by atomic mass is 10.3. The van der Waals surface area contributed by atoms with Crippen molar-refractivity contribution in [1.29, 1.82) is 0 Å². The molecule has 1 fully saturated rings. The molecular formula is C15H20N6O. The molecule has 22 heavy (non-hydrogen) atoms. The van der Waals surface area contributed by atoms with Crippen LogP contribution in [0.2, 0.25) is 0 Å². The van der Waals surface area contributed by atoms with E-state index >= 15 is 0 Å². The van der Waals surface area contributed by atoms with Gasteiger partial charge in [0.15, 0.2) is 0 Å². The van der Waals surface area contributed by atoms with Crippen LogP contribution in [0.5, 0.6) is 0 Å². The topological polar surface area (TPSA) is 75.9 Å². The minimum Gasteiger partial charge on any atom is -0.347 e. The molecule has 1 amide bonds. The van der Waals surface area contributed by atoms with Crippen LogP contribution < -0.4 is 10.2 Å². The molecule has 2 aromatic rings. The Morgan fingerprint density at radius 3 is 2.86 bits per heavy atom. The summed E-state index contributed by atoms with van der Waals surface area (Å²) in [5, 5.41) is 7.10. The molecule has 0 bridgehead atoms. The molecule has 0 spiro atoms. The molecule has 3 rings (SSSR count). The van der Waals surface area contributed by atoms with Crippen LogP contribution in [-0.4, -0.2) is 39.8 Å². The third-order valence-electron chi connectivity index (χ3n) is 3.51. The van der Waals surface area contributed by atoms with E-state index in [-0.39, 0.29) is 5.91 Å². The van der Waals surface area contributed by atoms with E-state index in [0.717, 1.165) is 18.2 Å². The van der Waals surface area contributed by atoms with Crippen molar-refractivity contribution in [3.8, 4) is 0 Å². The maximum Gasteiger partial charge on any atom is 0.274 e. The first-order valence-corrected chi connectivity index (χ1v) is 7.38. The van der Waals surface area contributed by atoms with E-state index in [1.165, 1.54) is 12.8 Å². The van der Waals surface area contributed by atoms with Crippen LogP contribution >= 0.6 is 0 Å². The van der Waals surface area contributed by atoms with Gasteiger partial charge in [-0.05, 0) is 31.7 Å². The Morgan fingerprint density at radius 2 is 2.18 bits per heavy atom. The van der Waals surface area contributed by atoms with Crippen molar-refractivity contribution in [2.45, 2.75) is 26.3 Å². The van der Waals surface area contributed by atoms with Crippen LogP contribution in [0.1, 0.15) is 29.0 Å². The lowest BCUT2D eigenvalue weighted by Gasteiger charge is -2.12. The standard InChI is InChI=1S/C15H20N6O/c1-10-6-13(19-15(17-10)20(2)3)14(22)18-12-7-16-21(9-12)8-11-4-5-11/h6-7,9,11H,4-5,8H2,1-3H3,(H,18,22). The normalized spacial score (nSPS) is 14.0. The zero-order valence-corrected chi connectivity index (χ0v) is 13.1. The number of nitrogens with zero attached hydrogens (tertiary/aromatic N) is 5. The number of carbonyl (C=O) groups is 1. The second kappa shape index (κ2) is 5.75. The Hall–Kier alpha value is -2.44. The second-order valence-corrected chi connectivity index (χ2v) is 5.94. The number of hydrogen-bond acceptors (Lipinski definition) is 5. The van der Waals surface area contributed by atoms with Crippen LogP contribution in [-0.2, 0) is 6.54 Å². The van der Waals surface area contributed by atoms with Gasteiger partial charge in [0.05, 0.1) is 11.9 Å². The minimum atomic E-state index is -0.250. The number of anilines is 2. The molecule has 116 valence electrons. The highest BCUT2D eigenvalue weighted by atomic mass is 16.1. The van der Waals surface area contributed by atoms with E-state index in [1.807, 2.05) is 31.9 Å². The molecule has 0 saturated heterocycles. The molecule has 7 heteroatoms. The van der Waals surface area contributed by atoms with Crippen molar-refractivity contribution in [2.75, 3.05) is 24.3 Å². The van der Waals surface area contributed by atoms with Crippen molar-refractivity contribution in [3.05, 3.63) is 29.8 Å². The summed E-state index contributed by atoms with van der Waals surface area (Å²) >= 11 is 0. The van der Waals surface area contributed by atoms with Crippen LogP contribution in [0.4, 0.5) is 11.6 Å². The van der Waals surface area contributed by atoms with Crippen molar-refractivity contribution in [3.63, 3.8) is 0 Å². The van der Waals surface area contributed by atoms with E-state index in [9.17, 15) is 4.79 Å². The number of hydrogen-bond donors (Lipinski definition) is 1. The Balaban J connectivity index is 1.72. The van der Waals surface area contributed by atoms with Crippen molar-refractivity contribution < 1.29 is 4.79 Å². The SMILES string of the molecule is Cc1cc(C(=O)Nc2cnn(CC3CC3)c2)nc(N(C)C)n1. The zero-order chi connectivity index (χ0) is 15.7. The van der Waals surface area contributed by atoms with Gasteiger partial charge in [0.1, 0.15) is 5.69 Å².